The first-order valence-electron chi connectivity index (χ1n) is 6.22. The fourth-order valence-corrected chi connectivity index (χ4v) is 2.17. The highest BCUT2D eigenvalue weighted by atomic mass is 79.9. The zero-order chi connectivity index (χ0) is 16.0. The Balaban J connectivity index is 2.36. The Morgan fingerprint density at radius 1 is 1.29 bits per heavy atom. The van der Waals surface area contributed by atoms with Crippen LogP contribution in [0.2, 0.25) is 5.02 Å². The van der Waals surface area contributed by atoms with Gasteiger partial charge in [0, 0.05) is 10.6 Å². The minimum atomic E-state index is -0.624. The highest BCUT2D eigenvalue weighted by molar-refractivity contribution is 9.10. The first kappa shape index (κ1) is 17.8. The van der Waals surface area contributed by atoms with Crippen LogP contribution in [0.1, 0.15) is 20.8 Å². The van der Waals surface area contributed by atoms with E-state index in [1.165, 1.54) is 0 Å². The van der Waals surface area contributed by atoms with Gasteiger partial charge in [-0.1, -0.05) is 11.6 Å². The molecule has 5 nitrogen and oxygen atoms in total. The summed E-state index contributed by atoms with van der Waals surface area (Å²) in [6.45, 7) is 4.90. The quantitative estimate of drug-likeness (QED) is 0.800. The van der Waals surface area contributed by atoms with Crippen LogP contribution >= 0.6 is 27.5 Å². The zero-order valence-electron chi connectivity index (χ0n) is 12.0. The minimum absolute atomic E-state index is 0.289. The molecule has 0 saturated heterocycles. The summed E-state index contributed by atoms with van der Waals surface area (Å²) in [6.07, 6.45) is 0. The van der Waals surface area contributed by atoms with Gasteiger partial charge >= 0.3 is 5.97 Å². The van der Waals surface area contributed by atoms with Crippen molar-refractivity contribution in [2.75, 3.05) is 13.2 Å². The van der Waals surface area contributed by atoms with Crippen LogP contribution in [0.15, 0.2) is 22.7 Å². The second-order valence-electron chi connectivity index (χ2n) is 5.32. The molecule has 1 N–H and O–H groups in total. The van der Waals surface area contributed by atoms with Gasteiger partial charge in [-0.25, -0.2) is 4.79 Å². The van der Waals surface area contributed by atoms with E-state index in [2.05, 4.69) is 21.2 Å². The van der Waals surface area contributed by atoms with Gasteiger partial charge in [-0.3, -0.25) is 4.79 Å². The van der Waals surface area contributed by atoms with Crippen LogP contribution in [0, 0.1) is 0 Å². The summed E-state index contributed by atoms with van der Waals surface area (Å²) in [5.74, 6) is -0.514. The lowest BCUT2D eigenvalue weighted by Crippen LogP contribution is -2.43. The maximum atomic E-state index is 11.5. The lowest BCUT2D eigenvalue weighted by molar-refractivity contribution is -0.150. The van der Waals surface area contributed by atoms with Crippen molar-refractivity contribution in [1.82, 2.24) is 5.32 Å². The summed E-state index contributed by atoms with van der Waals surface area (Å²) in [4.78, 5) is 23.0. The Morgan fingerprint density at radius 3 is 2.52 bits per heavy atom. The molecule has 1 aromatic carbocycles. The molecule has 0 aliphatic rings. The van der Waals surface area contributed by atoms with Crippen LogP contribution < -0.4 is 10.1 Å². The molecule has 0 aliphatic heterocycles. The molecule has 0 atom stereocenters. The van der Waals surface area contributed by atoms with Crippen LogP contribution in [0.4, 0.5) is 0 Å². The van der Waals surface area contributed by atoms with Crippen molar-refractivity contribution < 1.29 is 19.1 Å². The van der Waals surface area contributed by atoms with Gasteiger partial charge in [0.1, 0.15) is 5.75 Å². The van der Waals surface area contributed by atoms with Gasteiger partial charge in [0.2, 0.25) is 0 Å². The summed E-state index contributed by atoms with van der Waals surface area (Å²) < 4.78 is 10.7. The summed E-state index contributed by atoms with van der Waals surface area (Å²) in [7, 11) is 0. The Morgan fingerprint density at radius 2 is 1.95 bits per heavy atom. The molecule has 1 rings (SSSR count). The van der Waals surface area contributed by atoms with Crippen LogP contribution in [-0.4, -0.2) is 30.6 Å². The Kier molecular flexibility index (Phi) is 6.48. The summed E-state index contributed by atoms with van der Waals surface area (Å²) in [5.41, 5.74) is -0.367. The molecule has 7 heteroatoms. The van der Waals surface area contributed by atoms with Crippen molar-refractivity contribution in [2.24, 2.45) is 0 Å². The van der Waals surface area contributed by atoms with Gasteiger partial charge in [0.25, 0.3) is 5.91 Å². The molecule has 116 valence electrons. The lowest BCUT2D eigenvalue weighted by atomic mass is 10.1. The van der Waals surface area contributed by atoms with E-state index >= 15 is 0 Å². The smallest absolute Gasteiger partial charge is 0.344 e. The molecule has 0 unspecified atom stereocenters. The molecular weight excluding hydrogens is 362 g/mol. The highest BCUT2D eigenvalue weighted by Gasteiger charge is 2.15. The Bertz CT molecular complexity index is 528. The van der Waals surface area contributed by atoms with Crippen molar-refractivity contribution in [3.05, 3.63) is 27.7 Å². The normalized spacial score (nSPS) is 10.9. The number of halogens is 2. The fourth-order valence-electron chi connectivity index (χ4n) is 1.37. The number of nitrogens with one attached hydrogen (secondary N) is 1. The molecule has 0 saturated carbocycles. The molecule has 1 aromatic rings. The van der Waals surface area contributed by atoms with E-state index in [4.69, 9.17) is 21.1 Å². The van der Waals surface area contributed by atoms with E-state index in [-0.39, 0.29) is 24.7 Å². The van der Waals surface area contributed by atoms with Crippen molar-refractivity contribution in [3.8, 4) is 5.75 Å². The van der Waals surface area contributed by atoms with Crippen LogP contribution in [0.5, 0.6) is 5.75 Å². The molecule has 0 heterocycles. The molecular formula is C14H17BrClNO4. The first-order valence-corrected chi connectivity index (χ1v) is 7.39. The van der Waals surface area contributed by atoms with Gasteiger partial charge in [-0.15, -0.1) is 0 Å². The molecule has 0 bridgehead atoms. The van der Waals surface area contributed by atoms with Crippen molar-refractivity contribution in [3.63, 3.8) is 0 Å². The fraction of sp³-hybridized carbons (Fsp3) is 0.429. The number of esters is 1. The van der Waals surface area contributed by atoms with E-state index in [0.29, 0.717) is 15.2 Å². The van der Waals surface area contributed by atoms with E-state index in [9.17, 15) is 9.59 Å². The number of hydrogen-bond acceptors (Lipinski definition) is 4. The Hall–Kier alpha value is -1.27. The number of hydrogen-bond donors (Lipinski definition) is 1. The summed E-state index contributed by atoms with van der Waals surface area (Å²) in [6, 6.07) is 4.93. The van der Waals surface area contributed by atoms with Gasteiger partial charge in [-0.05, 0) is 54.9 Å². The van der Waals surface area contributed by atoms with Gasteiger partial charge in [0.15, 0.2) is 13.2 Å². The molecule has 21 heavy (non-hydrogen) atoms. The summed E-state index contributed by atoms with van der Waals surface area (Å²) >= 11 is 9.06. The molecule has 0 aromatic heterocycles. The maximum Gasteiger partial charge on any atom is 0.344 e. The first-order chi connectivity index (χ1) is 9.67. The van der Waals surface area contributed by atoms with E-state index in [0.717, 1.165) is 0 Å². The van der Waals surface area contributed by atoms with Crippen molar-refractivity contribution >= 4 is 39.4 Å². The van der Waals surface area contributed by atoms with Crippen molar-refractivity contribution in [2.45, 2.75) is 26.3 Å². The predicted molar refractivity (Wildman–Crippen MR) is 83.5 cm³/mol. The lowest BCUT2D eigenvalue weighted by Gasteiger charge is -2.20. The number of amides is 1. The average Bonchev–Trinajstić information content (AvgIpc) is 2.33. The zero-order valence-corrected chi connectivity index (χ0v) is 14.4. The second-order valence-corrected chi connectivity index (χ2v) is 6.61. The number of carbonyl (C=O) groups excluding carboxylic acids is 2. The molecule has 0 spiro atoms. The van der Waals surface area contributed by atoms with Crippen molar-refractivity contribution in [1.29, 1.82) is 0 Å². The van der Waals surface area contributed by atoms with Gasteiger partial charge < -0.3 is 14.8 Å². The van der Waals surface area contributed by atoms with Gasteiger partial charge in [0.05, 0.1) is 4.47 Å². The molecule has 1 amide bonds. The largest absolute Gasteiger partial charge is 0.481 e. The SMILES string of the molecule is CC(C)(C)NC(=O)COC(=O)COc1ccc(Cl)cc1Br. The number of carbonyl (C=O) groups is 2. The number of ether oxygens (including phenoxy) is 2. The highest BCUT2D eigenvalue weighted by Crippen LogP contribution is 2.27. The average molecular weight is 379 g/mol. The topological polar surface area (TPSA) is 64.6 Å². The molecule has 0 aliphatic carbocycles. The predicted octanol–water partition coefficient (Wildman–Crippen LogP) is 2.94. The van der Waals surface area contributed by atoms with Crippen LogP contribution in [0.3, 0.4) is 0 Å². The second kappa shape index (κ2) is 7.66. The van der Waals surface area contributed by atoms with Crippen LogP contribution in [-0.2, 0) is 14.3 Å². The third kappa shape index (κ3) is 7.34. The molecule has 0 fully saturated rings. The standard InChI is InChI=1S/C14H17BrClNO4/c1-14(2,3)17-12(18)7-21-13(19)8-20-11-5-4-9(16)6-10(11)15/h4-6H,7-8H2,1-3H3,(H,17,18). The summed E-state index contributed by atoms with van der Waals surface area (Å²) in [5, 5.41) is 3.24. The third-order valence-electron chi connectivity index (χ3n) is 2.12. The molecule has 0 radical (unpaired) electrons. The monoisotopic (exact) mass is 377 g/mol. The number of benzene rings is 1. The van der Waals surface area contributed by atoms with E-state index in [1.54, 1.807) is 18.2 Å². The van der Waals surface area contributed by atoms with Gasteiger partial charge in [-0.2, -0.15) is 0 Å². The van der Waals surface area contributed by atoms with E-state index in [1.807, 2.05) is 20.8 Å². The van der Waals surface area contributed by atoms with Crippen LogP contribution in [0.25, 0.3) is 0 Å². The third-order valence-corrected chi connectivity index (χ3v) is 2.97. The maximum absolute atomic E-state index is 11.5. The Labute approximate surface area is 137 Å². The minimum Gasteiger partial charge on any atom is -0.481 e. The van der Waals surface area contributed by atoms with E-state index < -0.39 is 5.97 Å². The number of rotatable bonds is 5.